The van der Waals surface area contributed by atoms with Gasteiger partial charge in [0.2, 0.25) is 0 Å². The van der Waals surface area contributed by atoms with E-state index >= 15 is 0 Å². The number of halogens is 2. The van der Waals surface area contributed by atoms with Crippen LogP contribution in [0.2, 0.25) is 0 Å². The first kappa shape index (κ1) is 25.8. The Morgan fingerprint density at radius 3 is 2.17 bits per heavy atom. The number of rotatable bonds is 5. The average molecular weight is 459 g/mol. The van der Waals surface area contributed by atoms with E-state index in [1.165, 1.54) is 4.90 Å². The minimum atomic E-state index is 0. The van der Waals surface area contributed by atoms with Crippen LogP contribution in [0.1, 0.15) is 19.4 Å². The normalized spacial score (nSPS) is 14.5. The Bertz CT molecular complexity index is 847. The molecule has 0 radical (unpaired) electrons. The number of thioether (sulfide) groups is 1. The van der Waals surface area contributed by atoms with Crippen molar-refractivity contribution < 1.29 is 0 Å². The van der Waals surface area contributed by atoms with Crippen molar-refractivity contribution in [3.8, 4) is 11.3 Å². The van der Waals surface area contributed by atoms with Crippen LogP contribution < -0.4 is 10.5 Å². The summed E-state index contributed by atoms with van der Waals surface area (Å²) >= 11 is 1.73. The molecule has 0 bridgehead atoms. The molecule has 0 saturated carbocycles. The maximum atomic E-state index is 13.2. The molecule has 1 aliphatic rings. The van der Waals surface area contributed by atoms with E-state index in [-0.39, 0.29) is 30.4 Å². The van der Waals surface area contributed by atoms with Crippen LogP contribution in [0.4, 0.5) is 5.69 Å². The maximum Gasteiger partial charge on any atom is 0.290 e. The van der Waals surface area contributed by atoms with E-state index in [1.54, 1.807) is 16.4 Å². The van der Waals surface area contributed by atoms with E-state index in [2.05, 4.69) is 61.2 Å². The van der Waals surface area contributed by atoms with E-state index in [9.17, 15) is 4.79 Å². The number of hydrogen-bond donors (Lipinski definition) is 0. The van der Waals surface area contributed by atoms with Crippen LogP contribution in [-0.4, -0.2) is 54.2 Å². The highest BCUT2D eigenvalue weighted by Crippen LogP contribution is 2.28. The molecule has 8 heteroatoms. The summed E-state index contributed by atoms with van der Waals surface area (Å²) in [5.74, 6) is 0.366. The SMILES string of the molecule is CSc1ccc(-c2nn(CC(C)C)c(=O)c(N3CCN(C)CC3)c2C)cc1.Cl.Cl. The van der Waals surface area contributed by atoms with Crippen molar-refractivity contribution in [2.75, 3.05) is 44.4 Å². The first-order chi connectivity index (χ1) is 12.9. The molecule has 0 aliphatic carbocycles. The molecule has 2 aromatic rings. The second kappa shape index (κ2) is 11.3. The van der Waals surface area contributed by atoms with Gasteiger partial charge in [0.1, 0.15) is 5.69 Å². The smallest absolute Gasteiger partial charge is 0.290 e. The third-order valence-electron chi connectivity index (χ3n) is 5.09. The summed E-state index contributed by atoms with van der Waals surface area (Å²) < 4.78 is 1.67. The number of anilines is 1. The van der Waals surface area contributed by atoms with E-state index in [4.69, 9.17) is 5.10 Å². The minimum Gasteiger partial charge on any atom is -0.364 e. The van der Waals surface area contributed by atoms with E-state index in [0.29, 0.717) is 12.5 Å². The average Bonchev–Trinajstić information content (AvgIpc) is 2.65. The fraction of sp³-hybridized carbons (Fsp3) is 0.524. The van der Waals surface area contributed by atoms with Gasteiger partial charge in [0.25, 0.3) is 5.56 Å². The van der Waals surface area contributed by atoms with Gasteiger partial charge in [-0.25, -0.2) is 4.68 Å². The molecule has 0 amide bonds. The summed E-state index contributed by atoms with van der Waals surface area (Å²) in [7, 11) is 2.13. The molecule has 1 aliphatic heterocycles. The summed E-state index contributed by atoms with van der Waals surface area (Å²) in [5.41, 5.74) is 3.83. The molecular weight excluding hydrogens is 427 g/mol. The van der Waals surface area contributed by atoms with Crippen molar-refractivity contribution in [2.45, 2.75) is 32.2 Å². The number of hydrogen-bond acceptors (Lipinski definition) is 5. The van der Waals surface area contributed by atoms with Gasteiger partial charge in [-0.2, -0.15) is 5.10 Å². The number of aromatic nitrogens is 2. The number of benzene rings is 1. The molecule has 5 nitrogen and oxygen atoms in total. The quantitative estimate of drug-likeness (QED) is 0.628. The predicted octanol–water partition coefficient (Wildman–Crippen LogP) is 4.19. The van der Waals surface area contributed by atoms with Gasteiger partial charge in [0, 0.05) is 48.7 Å². The maximum absolute atomic E-state index is 13.2. The molecule has 0 atom stereocenters. The lowest BCUT2D eigenvalue weighted by Gasteiger charge is -2.34. The number of piperazine rings is 1. The van der Waals surface area contributed by atoms with Crippen molar-refractivity contribution >= 4 is 42.3 Å². The molecule has 1 fully saturated rings. The first-order valence-corrected chi connectivity index (χ1v) is 10.8. The van der Waals surface area contributed by atoms with Gasteiger partial charge in [0.15, 0.2) is 0 Å². The van der Waals surface area contributed by atoms with Crippen molar-refractivity contribution in [3.63, 3.8) is 0 Å². The Morgan fingerprint density at radius 1 is 1.07 bits per heavy atom. The van der Waals surface area contributed by atoms with Crippen molar-refractivity contribution in [2.24, 2.45) is 5.92 Å². The van der Waals surface area contributed by atoms with Crippen LogP contribution in [0, 0.1) is 12.8 Å². The van der Waals surface area contributed by atoms with Gasteiger partial charge in [-0.05, 0) is 38.3 Å². The highest BCUT2D eigenvalue weighted by molar-refractivity contribution is 7.98. The van der Waals surface area contributed by atoms with Crippen LogP contribution in [0.5, 0.6) is 0 Å². The van der Waals surface area contributed by atoms with E-state index in [0.717, 1.165) is 48.7 Å². The highest BCUT2D eigenvalue weighted by Gasteiger charge is 2.23. The van der Waals surface area contributed by atoms with Gasteiger partial charge in [-0.15, -0.1) is 36.6 Å². The molecule has 1 aromatic carbocycles. The first-order valence-electron chi connectivity index (χ1n) is 9.60. The fourth-order valence-electron chi connectivity index (χ4n) is 3.53. The zero-order valence-corrected chi connectivity index (χ0v) is 20.3. The highest BCUT2D eigenvalue weighted by atomic mass is 35.5. The number of likely N-dealkylation sites (N-methyl/N-ethyl adjacent to an activating group) is 1. The zero-order chi connectivity index (χ0) is 19.6. The van der Waals surface area contributed by atoms with Crippen molar-refractivity contribution in [3.05, 3.63) is 40.2 Å². The molecule has 3 rings (SSSR count). The second-order valence-electron chi connectivity index (χ2n) is 7.72. The molecule has 1 aromatic heterocycles. The summed E-state index contributed by atoms with van der Waals surface area (Å²) in [5, 5.41) is 4.77. The third kappa shape index (κ3) is 5.91. The van der Waals surface area contributed by atoms with Gasteiger partial charge in [-0.1, -0.05) is 26.0 Å². The second-order valence-corrected chi connectivity index (χ2v) is 8.60. The lowest BCUT2D eigenvalue weighted by Crippen LogP contribution is -2.47. The Morgan fingerprint density at radius 2 is 1.66 bits per heavy atom. The molecule has 162 valence electrons. The van der Waals surface area contributed by atoms with Gasteiger partial charge >= 0.3 is 0 Å². The summed E-state index contributed by atoms with van der Waals surface area (Å²) in [6.07, 6.45) is 2.08. The summed E-state index contributed by atoms with van der Waals surface area (Å²) in [6.45, 7) is 10.6. The lowest BCUT2D eigenvalue weighted by atomic mass is 10.1. The van der Waals surface area contributed by atoms with E-state index < -0.39 is 0 Å². The Kier molecular flexibility index (Phi) is 10.0. The zero-order valence-electron chi connectivity index (χ0n) is 17.8. The molecule has 0 spiro atoms. The topological polar surface area (TPSA) is 41.4 Å². The summed E-state index contributed by atoms with van der Waals surface area (Å²) in [6, 6.07) is 8.46. The number of nitrogens with zero attached hydrogens (tertiary/aromatic N) is 4. The van der Waals surface area contributed by atoms with Crippen molar-refractivity contribution in [1.29, 1.82) is 0 Å². The van der Waals surface area contributed by atoms with Gasteiger partial charge in [-0.3, -0.25) is 4.79 Å². The standard InChI is InChI=1S/C21H30N4OS.2ClH/c1-15(2)14-25-21(26)20(24-12-10-23(4)11-13-24)16(3)19(22-25)17-6-8-18(27-5)9-7-17;;/h6-9,15H,10-14H2,1-5H3;2*1H. The van der Waals surface area contributed by atoms with Gasteiger partial charge < -0.3 is 9.80 Å². The summed E-state index contributed by atoms with van der Waals surface area (Å²) in [4.78, 5) is 19.0. The fourth-order valence-corrected chi connectivity index (χ4v) is 3.94. The van der Waals surface area contributed by atoms with Crippen LogP contribution in [0.25, 0.3) is 11.3 Å². The monoisotopic (exact) mass is 458 g/mol. The molecule has 0 unspecified atom stereocenters. The Balaban J connectivity index is 0.00000210. The van der Waals surface area contributed by atoms with E-state index in [1.807, 2.05) is 6.92 Å². The lowest BCUT2D eigenvalue weighted by molar-refractivity contribution is 0.312. The third-order valence-corrected chi connectivity index (χ3v) is 5.83. The molecular formula is C21H32Cl2N4OS. The predicted molar refractivity (Wildman–Crippen MR) is 129 cm³/mol. The Labute approximate surface area is 190 Å². The molecule has 2 heterocycles. The largest absolute Gasteiger partial charge is 0.364 e. The molecule has 0 N–H and O–H groups in total. The molecule has 1 saturated heterocycles. The van der Waals surface area contributed by atoms with Crippen LogP contribution >= 0.6 is 36.6 Å². The Hall–Kier alpha value is -1.21. The van der Waals surface area contributed by atoms with Crippen LogP contribution in [-0.2, 0) is 6.54 Å². The van der Waals surface area contributed by atoms with Crippen LogP contribution in [0.3, 0.4) is 0 Å². The van der Waals surface area contributed by atoms with Gasteiger partial charge in [0.05, 0.1) is 5.69 Å². The minimum absolute atomic E-state index is 0. The van der Waals surface area contributed by atoms with Crippen molar-refractivity contribution in [1.82, 2.24) is 14.7 Å². The van der Waals surface area contributed by atoms with Crippen LogP contribution in [0.15, 0.2) is 34.0 Å². The molecule has 29 heavy (non-hydrogen) atoms.